The number of hydrogen-bond acceptors (Lipinski definition) is 5. The molecule has 2 rings (SSSR count). The van der Waals surface area contributed by atoms with Gasteiger partial charge in [0, 0.05) is 19.5 Å². The molecule has 0 aliphatic rings. The lowest BCUT2D eigenvalue weighted by molar-refractivity contribution is -0.137. The van der Waals surface area contributed by atoms with Crippen molar-refractivity contribution in [3.05, 3.63) is 24.3 Å². The second kappa shape index (κ2) is 9.77. The van der Waals surface area contributed by atoms with Gasteiger partial charge in [-0.2, -0.15) is 0 Å². The van der Waals surface area contributed by atoms with Gasteiger partial charge >= 0.3 is 5.97 Å². The molecule has 7 heteroatoms. The van der Waals surface area contributed by atoms with Crippen LogP contribution in [-0.4, -0.2) is 45.2 Å². The number of benzene rings is 1. The Morgan fingerprint density at radius 3 is 2.60 bits per heavy atom. The molecule has 1 heterocycles. The summed E-state index contributed by atoms with van der Waals surface area (Å²) < 4.78 is 2.01. The fourth-order valence-corrected chi connectivity index (χ4v) is 5.04. The van der Waals surface area contributed by atoms with E-state index in [-0.39, 0.29) is 17.6 Å². The number of carboxylic acid groups (broad SMARTS) is 1. The number of carbonyl (C=O) groups excluding carboxylic acids is 1. The summed E-state index contributed by atoms with van der Waals surface area (Å²) in [6.45, 7) is 5.32. The number of hydrogen-bond donors (Lipinski definition) is 1. The number of fused-ring (bicyclic) bond motifs is 1. The summed E-state index contributed by atoms with van der Waals surface area (Å²) in [7, 11) is 0. The molecule has 1 aromatic carbocycles. The lowest BCUT2D eigenvalue weighted by atomic mass is 10.1. The number of rotatable bonds is 10. The van der Waals surface area contributed by atoms with Crippen LogP contribution in [0.3, 0.4) is 0 Å². The molecule has 1 unspecified atom stereocenters. The number of thioether (sulfide) groups is 1. The summed E-state index contributed by atoms with van der Waals surface area (Å²) in [6.07, 6.45) is 2.14. The van der Waals surface area contributed by atoms with Crippen LogP contribution in [0.2, 0.25) is 0 Å². The van der Waals surface area contributed by atoms with Crippen molar-refractivity contribution >= 4 is 45.2 Å². The molecule has 1 atom stereocenters. The first-order valence-electron chi connectivity index (χ1n) is 8.58. The van der Waals surface area contributed by atoms with E-state index in [2.05, 4.69) is 4.98 Å². The van der Waals surface area contributed by atoms with Gasteiger partial charge in [0.15, 0.2) is 4.34 Å². The van der Waals surface area contributed by atoms with E-state index in [0.29, 0.717) is 25.9 Å². The highest BCUT2D eigenvalue weighted by molar-refractivity contribution is 8.02. The molecule has 1 N–H and O–H groups in total. The van der Waals surface area contributed by atoms with Crippen LogP contribution in [0.5, 0.6) is 0 Å². The summed E-state index contributed by atoms with van der Waals surface area (Å²) in [4.78, 5) is 30.0. The summed E-state index contributed by atoms with van der Waals surface area (Å²) in [5.74, 6) is -0.671. The lowest BCUT2D eigenvalue weighted by Crippen LogP contribution is -2.37. The van der Waals surface area contributed by atoms with Crippen LogP contribution in [0.15, 0.2) is 28.6 Å². The van der Waals surface area contributed by atoms with Crippen molar-refractivity contribution in [2.75, 3.05) is 13.1 Å². The third-order valence-corrected chi connectivity index (χ3v) is 6.36. The lowest BCUT2D eigenvalue weighted by Gasteiger charge is -2.24. The van der Waals surface area contributed by atoms with E-state index in [0.717, 1.165) is 21.0 Å². The average molecular weight is 381 g/mol. The Labute approximate surface area is 156 Å². The Balaban J connectivity index is 2.09. The first-order valence-corrected chi connectivity index (χ1v) is 10.3. The Bertz CT molecular complexity index is 680. The van der Waals surface area contributed by atoms with Crippen LogP contribution < -0.4 is 0 Å². The number of aliphatic carboxylic acids is 1. The molecule has 25 heavy (non-hydrogen) atoms. The van der Waals surface area contributed by atoms with Gasteiger partial charge in [-0.25, -0.2) is 4.98 Å². The maximum absolute atomic E-state index is 12.8. The first-order chi connectivity index (χ1) is 12.0. The molecule has 1 amide bonds. The number of unbranched alkanes of at least 4 members (excludes halogenated alkanes) is 1. The highest BCUT2D eigenvalue weighted by Crippen LogP contribution is 2.34. The number of aromatic nitrogens is 1. The number of carbonyl (C=O) groups is 2. The topological polar surface area (TPSA) is 70.5 Å². The zero-order valence-corrected chi connectivity index (χ0v) is 16.2. The second-order valence-corrected chi connectivity index (χ2v) is 8.18. The van der Waals surface area contributed by atoms with Crippen molar-refractivity contribution in [2.45, 2.75) is 49.1 Å². The molecule has 136 valence electrons. The molecule has 0 aliphatic heterocycles. The van der Waals surface area contributed by atoms with Gasteiger partial charge in [-0.1, -0.05) is 30.3 Å². The molecule has 0 saturated carbocycles. The number of para-hydroxylation sites is 1. The average Bonchev–Trinajstić information content (AvgIpc) is 3.00. The Morgan fingerprint density at radius 2 is 1.96 bits per heavy atom. The van der Waals surface area contributed by atoms with Crippen LogP contribution in [0.25, 0.3) is 10.2 Å². The SMILES string of the molecule is CCN(CC)C(=O)C(CCCCC(=O)O)Sc1nc2ccccc2s1. The quantitative estimate of drug-likeness (QED) is 0.492. The Hall–Kier alpha value is -1.60. The molecular weight excluding hydrogens is 356 g/mol. The smallest absolute Gasteiger partial charge is 0.303 e. The van der Waals surface area contributed by atoms with E-state index in [1.54, 1.807) is 11.3 Å². The number of amides is 1. The highest BCUT2D eigenvalue weighted by Gasteiger charge is 2.25. The van der Waals surface area contributed by atoms with Gasteiger partial charge in [0.2, 0.25) is 5.91 Å². The molecule has 0 bridgehead atoms. The summed E-state index contributed by atoms with van der Waals surface area (Å²) in [6, 6.07) is 7.95. The van der Waals surface area contributed by atoms with Crippen LogP contribution in [0, 0.1) is 0 Å². The zero-order chi connectivity index (χ0) is 18.2. The molecule has 5 nitrogen and oxygen atoms in total. The van der Waals surface area contributed by atoms with E-state index in [9.17, 15) is 9.59 Å². The number of thiazole rings is 1. The predicted octanol–water partition coefficient (Wildman–Crippen LogP) is 4.27. The monoisotopic (exact) mass is 380 g/mol. The molecule has 0 fully saturated rings. The largest absolute Gasteiger partial charge is 0.481 e. The van der Waals surface area contributed by atoms with Gasteiger partial charge in [-0.05, 0) is 38.8 Å². The van der Waals surface area contributed by atoms with Crippen molar-refractivity contribution in [1.82, 2.24) is 9.88 Å². The van der Waals surface area contributed by atoms with Gasteiger partial charge in [0.25, 0.3) is 0 Å². The van der Waals surface area contributed by atoms with Gasteiger partial charge in [0.1, 0.15) is 0 Å². The molecule has 0 saturated heterocycles. The number of nitrogens with zero attached hydrogens (tertiary/aromatic N) is 2. The molecule has 0 aliphatic carbocycles. The summed E-state index contributed by atoms with van der Waals surface area (Å²) in [5, 5.41) is 8.57. The van der Waals surface area contributed by atoms with Crippen molar-refractivity contribution in [1.29, 1.82) is 0 Å². The van der Waals surface area contributed by atoms with Gasteiger partial charge < -0.3 is 10.0 Å². The maximum atomic E-state index is 12.8. The standard InChI is InChI=1S/C18H24N2O3S2/c1-3-20(4-2)17(23)15(11-7-8-12-16(21)22)25-18-19-13-9-5-6-10-14(13)24-18/h5-6,9-10,15H,3-4,7-8,11-12H2,1-2H3,(H,21,22). The minimum atomic E-state index is -0.787. The van der Waals surface area contributed by atoms with E-state index in [1.165, 1.54) is 11.8 Å². The van der Waals surface area contributed by atoms with Gasteiger partial charge in [0.05, 0.1) is 15.5 Å². The van der Waals surface area contributed by atoms with E-state index in [1.807, 2.05) is 43.0 Å². The van der Waals surface area contributed by atoms with Crippen LogP contribution in [-0.2, 0) is 9.59 Å². The first kappa shape index (κ1) is 19.7. The molecule has 1 aromatic heterocycles. The van der Waals surface area contributed by atoms with E-state index < -0.39 is 5.97 Å². The Morgan fingerprint density at radius 1 is 1.24 bits per heavy atom. The predicted molar refractivity (Wildman–Crippen MR) is 103 cm³/mol. The van der Waals surface area contributed by atoms with Gasteiger partial charge in [-0.3, -0.25) is 9.59 Å². The van der Waals surface area contributed by atoms with Crippen molar-refractivity contribution in [2.24, 2.45) is 0 Å². The van der Waals surface area contributed by atoms with Crippen LogP contribution >= 0.6 is 23.1 Å². The normalized spacial score (nSPS) is 12.2. The highest BCUT2D eigenvalue weighted by atomic mass is 32.2. The third-order valence-electron chi connectivity index (χ3n) is 3.97. The molecular formula is C18H24N2O3S2. The van der Waals surface area contributed by atoms with Crippen LogP contribution in [0.1, 0.15) is 39.5 Å². The van der Waals surface area contributed by atoms with Crippen molar-refractivity contribution in [3.8, 4) is 0 Å². The summed E-state index contributed by atoms with van der Waals surface area (Å²) >= 11 is 3.11. The third kappa shape index (κ3) is 5.71. The van der Waals surface area contributed by atoms with Crippen LogP contribution in [0.4, 0.5) is 0 Å². The van der Waals surface area contributed by atoms with E-state index in [4.69, 9.17) is 5.11 Å². The fraction of sp³-hybridized carbons (Fsp3) is 0.500. The van der Waals surface area contributed by atoms with Gasteiger partial charge in [-0.15, -0.1) is 11.3 Å². The zero-order valence-electron chi connectivity index (χ0n) is 14.6. The Kier molecular flexibility index (Phi) is 7.71. The minimum Gasteiger partial charge on any atom is -0.481 e. The van der Waals surface area contributed by atoms with Crippen molar-refractivity contribution < 1.29 is 14.7 Å². The molecule has 2 aromatic rings. The maximum Gasteiger partial charge on any atom is 0.303 e. The second-order valence-electron chi connectivity index (χ2n) is 5.70. The van der Waals surface area contributed by atoms with Crippen molar-refractivity contribution in [3.63, 3.8) is 0 Å². The number of carboxylic acids is 1. The fourth-order valence-electron chi connectivity index (χ4n) is 2.60. The molecule has 0 radical (unpaired) electrons. The summed E-state index contributed by atoms with van der Waals surface area (Å²) in [5.41, 5.74) is 0.954. The van der Waals surface area contributed by atoms with E-state index >= 15 is 0 Å². The molecule has 0 spiro atoms. The minimum absolute atomic E-state index is 0.115.